The van der Waals surface area contributed by atoms with Gasteiger partial charge in [0.1, 0.15) is 0 Å². The molecule has 5 nitrogen and oxygen atoms in total. The van der Waals surface area contributed by atoms with Gasteiger partial charge in [-0.25, -0.2) is 0 Å². The zero-order valence-electron chi connectivity index (χ0n) is 20.8. The fraction of sp³-hybridized carbons (Fsp3) is 0.429. The van der Waals surface area contributed by atoms with Crippen LogP contribution in [0.15, 0.2) is 48.5 Å². The van der Waals surface area contributed by atoms with Crippen molar-refractivity contribution in [2.75, 3.05) is 6.61 Å². The average Bonchev–Trinajstić information content (AvgIpc) is 3.58. The van der Waals surface area contributed by atoms with Crippen molar-refractivity contribution in [3.8, 4) is 0 Å². The molecule has 0 fully saturated rings. The van der Waals surface area contributed by atoms with E-state index in [0.717, 1.165) is 34.2 Å². The Kier molecular flexibility index (Phi) is 4.51. The summed E-state index contributed by atoms with van der Waals surface area (Å²) in [5.74, 6) is 0. The predicted octanol–water partition coefficient (Wildman–Crippen LogP) is 5.59. The number of hydrogen-bond acceptors (Lipinski definition) is 1. The molecule has 1 aliphatic heterocycles. The largest absolute Gasteiger partial charge is 0.395 e. The Balaban J connectivity index is 1.77. The fourth-order valence-electron chi connectivity index (χ4n) is 5.16. The van der Waals surface area contributed by atoms with E-state index in [1.807, 2.05) is 0 Å². The van der Waals surface area contributed by atoms with Crippen LogP contribution < -0.4 is 0 Å². The summed E-state index contributed by atoms with van der Waals surface area (Å²) in [7, 11) is 0. The van der Waals surface area contributed by atoms with Crippen molar-refractivity contribution in [1.82, 2.24) is 19.9 Å². The van der Waals surface area contributed by atoms with E-state index in [-0.39, 0.29) is 22.9 Å². The summed E-state index contributed by atoms with van der Waals surface area (Å²) in [6.07, 6.45) is 0. The molecule has 4 aromatic heterocycles. The minimum Gasteiger partial charge on any atom is -0.395 e. The number of nitrogens with one attached hydrogen (secondary N) is 4. The zero-order chi connectivity index (χ0) is 23.8. The number of aromatic amines is 4. The van der Waals surface area contributed by atoms with E-state index >= 15 is 0 Å². The number of rotatable bonds is 1. The first-order chi connectivity index (χ1) is 15.4. The molecule has 0 spiro atoms. The lowest BCUT2D eigenvalue weighted by Crippen LogP contribution is -2.30. The standard InChI is InChI=1S/C28H36N4O/c1-25(2)17-8-10-19(29-17)26(3,4)21-12-14-23(31-21)28(7,16-33)24-15-13-22(32-24)27(5,6)20-11-9-18(25)30-20/h8-15,29-33H,16H2,1-7H3. The maximum atomic E-state index is 10.5. The van der Waals surface area contributed by atoms with Gasteiger partial charge in [-0.3, -0.25) is 0 Å². The van der Waals surface area contributed by atoms with Crippen LogP contribution in [0.4, 0.5) is 0 Å². The lowest BCUT2D eigenvalue weighted by Gasteiger charge is -2.29. The molecule has 5 heteroatoms. The number of hydrogen-bond donors (Lipinski definition) is 5. The van der Waals surface area contributed by atoms with E-state index in [1.165, 1.54) is 11.4 Å². The Morgan fingerprint density at radius 1 is 0.455 bits per heavy atom. The molecule has 174 valence electrons. The maximum absolute atomic E-state index is 10.5. The van der Waals surface area contributed by atoms with Gasteiger partial charge in [-0.1, -0.05) is 0 Å². The van der Waals surface area contributed by atoms with Gasteiger partial charge in [-0.05, 0) is 97.0 Å². The van der Waals surface area contributed by atoms with Crippen LogP contribution in [-0.2, 0) is 21.7 Å². The Bertz CT molecular complexity index is 1210. The molecule has 4 aromatic rings. The topological polar surface area (TPSA) is 83.4 Å². The third-order valence-corrected chi connectivity index (χ3v) is 8.29. The molecular formula is C28H36N4O. The molecule has 1 aliphatic rings. The van der Waals surface area contributed by atoms with Gasteiger partial charge in [0.15, 0.2) is 0 Å². The highest BCUT2D eigenvalue weighted by molar-refractivity contribution is 5.43. The van der Waals surface area contributed by atoms with Crippen LogP contribution in [0.5, 0.6) is 0 Å². The normalized spacial score (nSPS) is 20.0. The Labute approximate surface area is 196 Å². The molecule has 5 rings (SSSR count). The van der Waals surface area contributed by atoms with Crippen LogP contribution in [0.2, 0.25) is 0 Å². The van der Waals surface area contributed by atoms with Crippen molar-refractivity contribution in [3.63, 3.8) is 0 Å². The molecule has 0 aromatic carbocycles. The van der Waals surface area contributed by atoms with Gasteiger partial charge in [0.2, 0.25) is 0 Å². The molecule has 5 N–H and O–H groups in total. The van der Waals surface area contributed by atoms with Gasteiger partial charge < -0.3 is 25.0 Å². The number of H-pyrrole nitrogens is 4. The zero-order valence-corrected chi connectivity index (χ0v) is 20.8. The average molecular weight is 445 g/mol. The second-order valence-electron chi connectivity index (χ2n) is 11.5. The summed E-state index contributed by atoms with van der Waals surface area (Å²) in [5.41, 5.74) is 7.65. The summed E-state index contributed by atoms with van der Waals surface area (Å²) in [6.45, 7) is 15.5. The number of aliphatic hydroxyl groups excluding tert-OH is 1. The SMILES string of the molecule is CC1(C)c2ccc([nH]2)C(C)(C)c2ccc([nH]2)C(C)(CO)c2ccc([nH]2)C(C)(C)c2ccc1[nH]2. The highest BCUT2D eigenvalue weighted by Gasteiger charge is 2.37. The smallest absolute Gasteiger partial charge is 0.0705 e. The molecule has 0 saturated heterocycles. The van der Waals surface area contributed by atoms with Crippen molar-refractivity contribution in [2.24, 2.45) is 0 Å². The first-order valence-corrected chi connectivity index (χ1v) is 11.8. The first kappa shape index (κ1) is 21.9. The quantitative estimate of drug-likeness (QED) is 0.261. The molecule has 0 radical (unpaired) electrons. The van der Waals surface area contributed by atoms with Crippen molar-refractivity contribution in [3.05, 3.63) is 94.1 Å². The van der Waals surface area contributed by atoms with Crippen LogP contribution in [0.25, 0.3) is 0 Å². The highest BCUT2D eigenvalue weighted by atomic mass is 16.3. The second kappa shape index (κ2) is 6.80. The van der Waals surface area contributed by atoms with E-state index in [1.54, 1.807) is 0 Å². The van der Waals surface area contributed by atoms with Crippen LogP contribution in [0.1, 0.15) is 94.0 Å². The minimum atomic E-state index is -0.566. The Morgan fingerprint density at radius 3 is 0.909 bits per heavy atom. The van der Waals surface area contributed by atoms with E-state index in [0.29, 0.717) is 0 Å². The molecular weight excluding hydrogens is 408 g/mol. The third kappa shape index (κ3) is 3.02. The van der Waals surface area contributed by atoms with Gasteiger partial charge in [0.25, 0.3) is 0 Å². The lowest BCUT2D eigenvalue weighted by molar-refractivity contribution is 0.225. The molecule has 5 heterocycles. The van der Waals surface area contributed by atoms with Gasteiger partial charge in [0, 0.05) is 61.8 Å². The van der Waals surface area contributed by atoms with Crippen molar-refractivity contribution in [2.45, 2.75) is 70.1 Å². The minimum absolute atomic E-state index is 0.00124. The van der Waals surface area contributed by atoms with Crippen molar-refractivity contribution in [1.29, 1.82) is 0 Å². The molecule has 8 bridgehead atoms. The summed E-state index contributed by atoms with van der Waals surface area (Å²) < 4.78 is 0. The van der Waals surface area contributed by atoms with E-state index in [9.17, 15) is 5.11 Å². The molecule has 0 atom stereocenters. The Hall–Kier alpha value is -2.92. The number of aromatic nitrogens is 4. The van der Waals surface area contributed by atoms with Crippen molar-refractivity contribution >= 4 is 0 Å². The van der Waals surface area contributed by atoms with Gasteiger partial charge in [0.05, 0.1) is 12.0 Å². The summed E-state index contributed by atoms with van der Waals surface area (Å²) in [4.78, 5) is 14.8. The highest BCUT2D eigenvalue weighted by Crippen LogP contribution is 2.40. The number of aliphatic hydroxyl groups is 1. The molecule has 33 heavy (non-hydrogen) atoms. The monoisotopic (exact) mass is 444 g/mol. The maximum Gasteiger partial charge on any atom is 0.0705 e. The summed E-state index contributed by atoms with van der Waals surface area (Å²) in [5, 5.41) is 10.5. The van der Waals surface area contributed by atoms with E-state index in [4.69, 9.17) is 0 Å². The van der Waals surface area contributed by atoms with E-state index < -0.39 is 5.41 Å². The fourth-order valence-corrected chi connectivity index (χ4v) is 5.16. The van der Waals surface area contributed by atoms with Gasteiger partial charge in [-0.15, -0.1) is 0 Å². The molecule has 0 saturated carbocycles. The van der Waals surface area contributed by atoms with Gasteiger partial charge >= 0.3 is 0 Å². The number of fused-ring (bicyclic) bond motifs is 8. The third-order valence-electron chi connectivity index (χ3n) is 8.29. The van der Waals surface area contributed by atoms with Gasteiger partial charge in [-0.2, -0.15) is 0 Å². The molecule has 0 unspecified atom stereocenters. The second-order valence-corrected chi connectivity index (χ2v) is 11.5. The lowest BCUT2D eigenvalue weighted by atomic mass is 9.84. The van der Waals surface area contributed by atoms with Crippen LogP contribution in [0.3, 0.4) is 0 Å². The summed E-state index contributed by atoms with van der Waals surface area (Å²) >= 11 is 0. The van der Waals surface area contributed by atoms with Crippen LogP contribution in [0, 0.1) is 0 Å². The predicted molar refractivity (Wildman–Crippen MR) is 133 cm³/mol. The van der Waals surface area contributed by atoms with Crippen LogP contribution >= 0.6 is 0 Å². The Morgan fingerprint density at radius 2 is 0.667 bits per heavy atom. The summed E-state index contributed by atoms with van der Waals surface area (Å²) in [6, 6.07) is 17.3. The van der Waals surface area contributed by atoms with Crippen molar-refractivity contribution < 1.29 is 5.11 Å². The van der Waals surface area contributed by atoms with E-state index in [2.05, 4.69) is 117 Å². The van der Waals surface area contributed by atoms with Crippen LogP contribution in [-0.4, -0.2) is 31.6 Å². The first-order valence-electron chi connectivity index (χ1n) is 11.8. The molecule has 0 amide bonds. The molecule has 0 aliphatic carbocycles.